The molecule has 1 saturated heterocycles. The fraction of sp³-hybridized carbons (Fsp3) is 0.538. The molecule has 20 heavy (non-hydrogen) atoms. The fourth-order valence-corrected chi connectivity index (χ4v) is 2.29. The van der Waals surface area contributed by atoms with Crippen molar-refractivity contribution in [3.8, 4) is 0 Å². The Kier molecular flexibility index (Phi) is 3.60. The van der Waals surface area contributed by atoms with Gasteiger partial charge in [-0.25, -0.2) is 19.9 Å². The first-order valence-electron chi connectivity index (χ1n) is 6.83. The Labute approximate surface area is 117 Å². The number of aryl methyl sites for hydroxylation is 1. The van der Waals surface area contributed by atoms with Crippen molar-refractivity contribution >= 4 is 22.8 Å². The van der Waals surface area contributed by atoms with Gasteiger partial charge in [-0.05, 0) is 13.8 Å². The molecule has 0 unspecified atom stereocenters. The van der Waals surface area contributed by atoms with Gasteiger partial charge in [0.15, 0.2) is 17.0 Å². The maximum atomic E-state index is 5.35. The lowest BCUT2D eigenvalue weighted by Gasteiger charge is -2.28. The van der Waals surface area contributed by atoms with Crippen LogP contribution in [0.3, 0.4) is 0 Å². The van der Waals surface area contributed by atoms with Crippen LogP contribution in [0.2, 0.25) is 0 Å². The zero-order valence-corrected chi connectivity index (χ0v) is 11.8. The normalized spacial score (nSPS) is 16.9. The average molecular weight is 274 g/mol. The van der Waals surface area contributed by atoms with E-state index < -0.39 is 0 Å². The van der Waals surface area contributed by atoms with Crippen molar-refractivity contribution in [3.05, 3.63) is 12.7 Å². The second-order valence-corrected chi connectivity index (χ2v) is 4.66. The third-order valence-electron chi connectivity index (χ3n) is 3.46. The monoisotopic (exact) mass is 274 g/mol. The Bertz CT molecular complexity index is 629. The summed E-state index contributed by atoms with van der Waals surface area (Å²) in [5.41, 5.74) is 1.58. The Morgan fingerprint density at radius 1 is 1.30 bits per heavy atom. The van der Waals surface area contributed by atoms with Crippen LogP contribution in [0.5, 0.6) is 0 Å². The van der Waals surface area contributed by atoms with Gasteiger partial charge in [0.25, 0.3) is 0 Å². The van der Waals surface area contributed by atoms with Crippen LogP contribution in [0, 0.1) is 0 Å². The van der Waals surface area contributed by atoms with E-state index in [2.05, 4.69) is 31.8 Å². The smallest absolute Gasteiger partial charge is 0.185 e. The van der Waals surface area contributed by atoms with Crippen LogP contribution in [0.25, 0.3) is 11.2 Å². The van der Waals surface area contributed by atoms with Crippen molar-refractivity contribution in [2.24, 2.45) is 4.99 Å². The van der Waals surface area contributed by atoms with Crippen molar-refractivity contribution < 1.29 is 4.74 Å². The number of rotatable bonds is 2. The topological polar surface area (TPSA) is 68.4 Å². The van der Waals surface area contributed by atoms with Crippen molar-refractivity contribution in [1.29, 1.82) is 0 Å². The van der Waals surface area contributed by atoms with E-state index >= 15 is 0 Å². The van der Waals surface area contributed by atoms with E-state index in [1.54, 1.807) is 12.7 Å². The van der Waals surface area contributed by atoms with Crippen LogP contribution in [0.4, 0.5) is 5.82 Å². The Hall–Kier alpha value is -2.02. The number of amidine groups is 1. The second kappa shape index (κ2) is 5.54. The van der Waals surface area contributed by atoms with E-state index in [0.29, 0.717) is 5.82 Å². The number of imidazole rings is 1. The van der Waals surface area contributed by atoms with Crippen molar-refractivity contribution in [1.82, 2.24) is 24.4 Å². The van der Waals surface area contributed by atoms with Gasteiger partial charge in [-0.1, -0.05) is 0 Å². The van der Waals surface area contributed by atoms with Crippen LogP contribution < -0.4 is 0 Å². The average Bonchev–Trinajstić information content (AvgIpc) is 2.92. The summed E-state index contributed by atoms with van der Waals surface area (Å²) >= 11 is 0. The Morgan fingerprint density at radius 2 is 2.10 bits per heavy atom. The van der Waals surface area contributed by atoms with E-state index in [0.717, 1.165) is 49.8 Å². The van der Waals surface area contributed by atoms with E-state index in [4.69, 9.17) is 4.74 Å². The molecular formula is C13H18N6O. The molecule has 7 heteroatoms. The number of morpholine rings is 1. The van der Waals surface area contributed by atoms with Gasteiger partial charge in [0.05, 0.1) is 19.5 Å². The number of aromatic nitrogens is 4. The summed E-state index contributed by atoms with van der Waals surface area (Å²) in [6.45, 7) is 8.12. The fourth-order valence-electron chi connectivity index (χ4n) is 2.29. The molecule has 0 spiro atoms. The van der Waals surface area contributed by atoms with Crippen LogP contribution in [-0.2, 0) is 11.3 Å². The largest absolute Gasteiger partial charge is 0.378 e. The van der Waals surface area contributed by atoms with Crippen LogP contribution in [0.15, 0.2) is 17.6 Å². The molecule has 1 fully saturated rings. The minimum atomic E-state index is 0.631. The number of nitrogens with zero attached hydrogens (tertiary/aromatic N) is 6. The summed E-state index contributed by atoms with van der Waals surface area (Å²) in [5, 5.41) is 0. The molecule has 2 aromatic rings. The molecule has 1 aliphatic heterocycles. The standard InChI is InChI=1S/C13H18N6O/c1-3-18-9-16-11-12(14-8-15-13(11)18)17-10(2)19-4-6-20-7-5-19/h8-9H,3-7H2,1-2H3/b17-10-. The predicted molar refractivity (Wildman–Crippen MR) is 76.2 cm³/mol. The summed E-state index contributed by atoms with van der Waals surface area (Å²) in [4.78, 5) is 19.7. The first-order chi connectivity index (χ1) is 9.79. The van der Waals surface area contributed by atoms with Crippen molar-refractivity contribution in [2.45, 2.75) is 20.4 Å². The van der Waals surface area contributed by atoms with Crippen LogP contribution >= 0.6 is 0 Å². The molecule has 0 aliphatic carbocycles. The van der Waals surface area contributed by atoms with Gasteiger partial charge in [0.1, 0.15) is 12.2 Å². The highest BCUT2D eigenvalue weighted by Crippen LogP contribution is 2.20. The lowest BCUT2D eigenvalue weighted by atomic mass is 10.4. The number of fused-ring (bicyclic) bond motifs is 1. The molecule has 3 rings (SSSR count). The molecule has 2 aromatic heterocycles. The summed E-state index contributed by atoms with van der Waals surface area (Å²) < 4.78 is 7.34. The highest BCUT2D eigenvalue weighted by molar-refractivity contribution is 5.88. The van der Waals surface area contributed by atoms with Crippen molar-refractivity contribution in [2.75, 3.05) is 26.3 Å². The van der Waals surface area contributed by atoms with E-state index in [-0.39, 0.29) is 0 Å². The van der Waals surface area contributed by atoms with Crippen LogP contribution in [0.1, 0.15) is 13.8 Å². The van der Waals surface area contributed by atoms with Gasteiger partial charge in [-0.2, -0.15) is 0 Å². The Balaban J connectivity index is 1.95. The molecule has 0 aromatic carbocycles. The molecule has 0 N–H and O–H groups in total. The van der Waals surface area contributed by atoms with Gasteiger partial charge in [0, 0.05) is 19.6 Å². The molecule has 1 aliphatic rings. The molecular weight excluding hydrogens is 256 g/mol. The molecule has 106 valence electrons. The quantitative estimate of drug-likeness (QED) is 0.608. The first kappa shape index (κ1) is 13.0. The highest BCUT2D eigenvalue weighted by atomic mass is 16.5. The molecule has 0 amide bonds. The minimum Gasteiger partial charge on any atom is -0.378 e. The van der Waals surface area contributed by atoms with Gasteiger partial charge < -0.3 is 14.2 Å². The number of aliphatic imine (C=N–C) groups is 1. The number of hydrogen-bond donors (Lipinski definition) is 0. The zero-order chi connectivity index (χ0) is 13.9. The highest BCUT2D eigenvalue weighted by Gasteiger charge is 2.13. The van der Waals surface area contributed by atoms with E-state index in [9.17, 15) is 0 Å². The van der Waals surface area contributed by atoms with Gasteiger partial charge in [-0.15, -0.1) is 0 Å². The van der Waals surface area contributed by atoms with Gasteiger partial charge in [0.2, 0.25) is 0 Å². The van der Waals surface area contributed by atoms with Crippen LogP contribution in [-0.4, -0.2) is 56.6 Å². The molecule has 7 nitrogen and oxygen atoms in total. The minimum absolute atomic E-state index is 0.631. The van der Waals surface area contributed by atoms with Gasteiger partial charge in [-0.3, -0.25) is 0 Å². The van der Waals surface area contributed by atoms with Gasteiger partial charge >= 0.3 is 0 Å². The zero-order valence-electron chi connectivity index (χ0n) is 11.8. The molecule has 0 saturated carbocycles. The molecule has 0 radical (unpaired) electrons. The molecule has 0 atom stereocenters. The molecule has 0 bridgehead atoms. The first-order valence-corrected chi connectivity index (χ1v) is 6.83. The number of hydrogen-bond acceptors (Lipinski definition) is 5. The summed E-state index contributed by atoms with van der Waals surface area (Å²) in [5.74, 6) is 1.57. The van der Waals surface area contributed by atoms with Crippen molar-refractivity contribution in [3.63, 3.8) is 0 Å². The van der Waals surface area contributed by atoms with E-state index in [1.807, 2.05) is 11.5 Å². The molecule has 3 heterocycles. The maximum absolute atomic E-state index is 5.35. The third kappa shape index (κ3) is 2.36. The SMILES string of the molecule is CCn1cnc2c(/N=C(/C)N3CCOCC3)ncnc21. The van der Waals surface area contributed by atoms with E-state index in [1.165, 1.54) is 0 Å². The third-order valence-corrected chi connectivity index (χ3v) is 3.46. The maximum Gasteiger partial charge on any atom is 0.185 e. The lowest BCUT2D eigenvalue weighted by molar-refractivity contribution is 0.0678. The lowest BCUT2D eigenvalue weighted by Crippen LogP contribution is -2.39. The predicted octanol–water partition coefficient (Wildman–Crippen LogP) is 1.23. The summed E-state index contributed by atoms with van der Waals surface area (Å²) in [7, 11) is 0. The Morgan fingerprint density at radius 3 is 2.85 bits per heavy atom. The summed E-state index contributed by atoms with van der Waals surface area (Å²) in [6.07, 6.45) is 3.32. The summed E-state index contributed by atoms with van der Waals surface area (Å²) in [6, 6.07) is 0. The number of ether oxygens (including phenoxy) is 1. The second-order valence-electron chi connectivity index (χ2n) is 4.66.